The van der Waals surface area contributed by atoms with Gasteiger partial charge in [0.05, 0.1) is 5.69 Å². The number of halogens is 2. The molecule has 2 rings (SSSR count). The largest absolute Gasteiger partial charge is 0.396 e. The third-order valence-electron chi connectivity index (χ3n) is 2.54. The third-order valence-corrected chi connectivity index (χ3v) is 2.54. The van der Waals surface area contributed by atoms with Gasteiger partial charge in [0.2, 0.25) is 0 Å². The fraction of sp³-hybridized carbons (Fsp3) is 0.250. The molecule has 0 spiro atoms. The molecule has 3 nitrogen and oxygen atoms in total. The topological polar surface area (TPSA) is 38.0 Å². The molecule has 0 saturated carbocycles. The summed E-state index contributed by atoms with van der Waals surface area (Å²) in [6, 6.07) is 3.33. The van der Waals surface area contributed by atoms with Gasteiger partial charge in [-0.3, -0.25) is 0 Å². The highest BCUT2D eigenvalue weighted by Crippen LogP contribution is 2.16. The van der Waals surface area contributed by atoms with Crippen molar-refractivity contribution in [2.75, 3.05) is 6.61 Å². The molecule has 2 aromatic rings. The Kier molecular flexibility index (Phi) is 3.19. The number of hydrogen-bond acceptors (Lipinski definition) is 2. The van der Waals surface area contributed by atoms with Crippen LogP contribution in [0.15, 0.2) is 24.4 Å². The van der Waals surface area contributed by atoms with Crippen molar-refractivity contribution in [3.8, 4) is 5.69 Å². The van der Waals surface area contributed by atoms with Crippen LogP contribution in [0.25, 0.3) is 5.69 Å². The molecule has 0 aliphatic rings. The molecular weight excluding hydrogens is 226 g/mol. The molecule has 0 atom stereocenters. The summed E-state index contributed by atoms with van der Waals surface area (Å²) >= 11 is 0. The molecule has 5 heteroatoms. The lowest BCUT2D eigenvalue weighted by molar-refractivity contribution is 0.299. The van der Waals surface area contributed by atoms with Gasteiger partial charge in [-0.1, -0.05) is 0 Å². The number of rotatable bonds is 3. The molecule has 0 amide bonds. The van der Waals surface area contributed by atoms with E-state index in [1.54, 1.807) is 13.1 Å². The third kappa shape index (κ3) is 2.34. The average molecular weight is 238 g/mol. The van der Waals surface area contributed by atoms with Crippen LogP contribution in [0.5, 0.6) is 0 Å². The van der Waals surface area contributed by atoms with Gasteiger partial charge in [-0.15, -0.1) is 0 Å². The number of aromatic nitrogens is 2. The van der Waals surface area contributed by atoms with E-state index in [4.69, 9.17) is 5.11 Å². The van der Waals surface area contributed by atoms with Crippen molar-refractivity contribution in [2.45, 2.75) is 13.3 Å². The minimum atomic E-state index is -0.664. The summed E-state index contributed by atoms with van der Waals surface area (Å²) in [5.41, 5.74) is 1.76. The Morgan fingerprint density at radius 1 is 1.35 bits per heavy atom. The second-order valence-corrected chi connectivity index (χ2v) is 3.75. The van der Waals surface area contributed by atoms with Crippen LogP contribution in [0, 0.1) is 18.6 Å². The Morgan fingerprint density at radius 2 is 2.12 bits per heavy atom. The van der Waals surface area contributed by atoms with Crippen molar-refractivity contribution in [2.24, 2.45) is 0 Å². The molecule has 0 saturated heterocycles. The molecule has 1 aromatic heterocycles. The fourth-order valence-corrected chi connectivity index (χ4v) is 1.65. The number of aryl methyl sites for hydroxylation is 1. The van der Waals surface area contributed by atoms with E-state index in [1.165, 1.54) is 16.8 Å². The van der Waals surface area contributed by atoms with E-state index in [0.717, 1.165) is 17.3 Å². The first kappa shape index (κ1) is 11.7. The van der Waals surface area contributed by atoms with Crippen LogP contribution >= 0.6 is 0 Å². The molecule has 0 aliphatic heterocycles. The molecule has 90 valence electrons. The minimum absolute atomic E-state index is 0.0123. The van der Waals surface area contributed by atoms with E-state index in [1.807, 2.05) is 0 Å². The standard InChI is InChI=1S/C12H12F2N2O/c1-8-9(4-5-17)7-16(15-8)12-3-2-10(13)6-11(12)14/h2-3,6-7,17H,4-5H2,1H3. The lowest BCUT2D eigenvalue weighted by Gasteiger charge is -2.02. The van der Waals surface area contributed by atoms with E-state index in [0.29, 0.717) is 6.42 Å². The second-order valence-electron chi connectivity index (χ2n) is 3.75. The normalized spacial score (nSPS) is 10.8. The Hall–Kier alpha value is -1.75. The fourth-order valence-electron chi connectivity index (χ4n) is 1.65. The van der Waals surface area contributed by atoms with Crippen LogP contribution in [0.2, 0.25) is 0 Å². The van der Waals surface area contributed by atoms with Crippen molar-refractivity contribution in [3.05, 3.63) is 47.3 Å². The zero-order chi connectivity index (χ0) is 12.4. The quantitative estimate of drug-likeness (QED) is 0.888. The zero-order valence-corrected chi connectivity index (χ0v) is 9.32. The number of benzene rings is 1. The van der Waals surface area contributed by atoms with Crippen molar-refractivity contribution in [3.63, 3.8) is 0 Å². The Morgan fingerprint density at radius 3 is 2.76 bits per heavy atom. The summed E-state index contributed by atoms with van der Waals surface area (Å²) in [6.45, 7) is 1.79. The summed E-state index contributed by atoms with van der Waals surface area (Å²) in [5.74, 6) is -1.28. The van der Waals surface area contributed by atoms with Crippen LogP contribution in [-0.4, -0.2) is 21.5 Å². The van der Waals surface area contributed by atoms with Crippen LogP contribution < -0.4 is 0 Å². The first-order valence-corrected chi connectivity index (χ1v) is 5.23. The van der Waals surface area contributed by atoms with E-state index in [2.05, 4.69) is 5.10 Å². The van der Waals surface area contributed by atoms with Gasteiger partial charge < -0.3 is 5.11 Å². The van der Waals surface area contributed by atoms with E-state index < -0.39 is 11.6 Å². The van der Waals surface area contributed by atoms with Crippen LogP contribution in [0.1, 0.15) is 11.3 Å². The van der Waals surface area contributed by atoms with Gasteiger partial charge in [-0.2, -0.15) is 5.10 Å². The number of aliphatic hydroxyl groups excluding tert-OH is 1. The predicted octanol–water partition coefficient (Wildman–Crippen LogP) is 1.99. The molecule has 1 heterocycles. The zero-order valence-electron chi connectivity index (χ0n) is 9.32. The maximum absolute atomic E-state index is 13.5. The highest BCUT2D eigenvalue weighted by molar-refractivity contribution is 5.34. The highest BCUT2D eigenvalue weighted by atomic mass is 19.1. The van der Waals surface area contributed by atoms with E-state index >= 15 is 0 Å². The summed E-state index contributed by atoms with van der Waals surface area (Å²) in [5, 5.41) is 13.0. The summed E-state index contributed by atoms with van der Waals surface area (Å²) in [7, 11) is 0. The van der Waals surface area contributed by atoms with E-state index in [-0.39, 0.29) is 12.3 Å². The second kappa shape index (κ2) is 4.63. The first-order valence-electron chi connectivity index (χ1n) is 5.23. The Bertz CT molecular complexity index is 537. The lowest BCUT2D eigenvalue weighted by atomic mass is 10.2. The van der Waals surface area contributed by atoms with Crippen LogP contribution in [-0.2, 0) is 6.42 Å². The lowest BCUT2D eigenvalue weighted by Crippen LogP contribution is -1.99. The van der Waals surface area contributed by atoms with Gasteiger partial charge in [-0.25, -0.2) is 13.5 Å². The molecule has 0 bridgehead atoms. The van der Waals surface area contributed by atoms with Crippen molar-refractivity contribution in [1.29, 1.82) is 0 Å². The van der Waals surface area contributed by atoms with Gasteiger partial charge in [0.15, 0.2) is 5.82 Å². The monoisotopic (exact) mass is 238 g/mol. The molecule has 0 fully saturated rings. The number of nitrogens with zero attached hydrogens (tertiary/aromatic N) is 2. The van der Waals surface area contributed by atoms with Crippen molar-refractivity contribution < 1.29 is 13.9 Å². The first-order chi connectivity index (χ1) is 8.11. The molecule has 0 radical (unpaired) electrons. The summed E-state index contributed by atoms with van der Waals surface area (Å²) < 4.78 is 27.6. The number of hydrogen-bond donors (Lipinski definition) is 1. The van der Waals surface area contributed by atoms with Crippen LogP contribution in [0.3, 0.4) is 0 Å². The molecule has 1 aromatic carbocycles. The number of aliphatic hydroxyl groups is 1. The minimum Gasteiger partial charge on any atom is -0.396 e. The highest BCUT2D eigenvalue weighted by Gasteiger charge is 2.10. The predicted molar refractivity (Wildman–Crippen MR) is 59.0 cm³/mol. The molecule has 0 unspecified atom stereocenters. The molecule has 1 N–H and O–H groups in total. The average Bonchev–Trinajstić information content (AvgIpc) is 2.60. The van der Waals surface area contributed by atoms with E-state index in [9.17, 15) is 8.78 Å². The smallest absolute Gasteiger partial charge is 0.151 e. The van der Waals surface area contributed by atoms with Crippen molar-refractivity contribution in [1.82, 2.24) is 9.78 Å². The Labute approximate surface area is 97.3 Å². The van der Waals surface area contributed by atoms with Crippen LogP contribution in [0.4, 0.5) is 8.78 Å². The van der Waals surface area contributed by atoms with Gasteiger partial charge in [0.1, 0.15) is 11.5 Å². The molecule has 17 heavy (non-hydrogen) atoms. The van der Waals surface area contributed by atoms with Gasteiger partial charge in [-0.05, 0) is 31.0 Å². The van der Waals surface area contributed by atoms with Gasteiger partial charge in [0.25, 0.3) is 0 Å². The molecular formula is C12H12F2N2O. The maximum Gasteiger partial charge on any atom is 0.151 e. The maximum atomic E-state index is 13.5. The van der Waals surface area contributed by atoms with Crippen molar-refractivity contribution >= 4 is 0 Å². The van der Waals surface area contributed by atoms with Gasteiger partial charge >= 0.3 is 0 Å². The molecule has 0 aliphatic carbocycles. The van der Waals surface area contributed by atoms with Gasteiger partial charge in [0, 0.05) is 18.9 Å². The SMILES string of the molecule is Cc1nn(-c2ccc(F)cc2F)cc1CCO. The Balaban J connectivity index is 2.42. The summed E-state index contributed by atoms with van der Waals surface area (Å²) in [4.78, 5) is 0. The summed E-state index contributed by atoms with van der Waals surface area (Å²) in [6.07, 6.45) is 2.11.